The lowest BCUT2D eigenvalue weighted by Crippen LogP contribution is -2.14. The molecule has 0 saturated heterocycles. The molecule has 0 aliphatic carbocycles. The van der Waals surface area contributed by atoms with E-state index in [1.807, 2.05) is 6.07 Å². The summed E-state index contributed by atoms with van der Waals surface area (Å²) in [4.78, 5) is 0. The standard InChI is InChI=1S/C15H11ClF2N2/c16-14-5-10(7-19)1-2-11(14)8-20-9-12-6-13(17)3-4-15(12)18/h1-6,20H,8-9H2. The number of hydrogen-bond acceptors (Lipinski definition) is 2. The molecule has 0 amide bonds. The Hall–Kier alpha value is -1.96. The molecule has 5 heteroatoms. The molecule has 0 atom stereocenters. The second kappa shape index (κ2) is 6.47. The van der Waals surface area contributed by atoms with Gasteiger partial charge < -0.3 is 5.32 Å². The molecule has 0 unspecified atom stereocenters. The molecule has 0 saturated carbocycles. The Morgan fingerprint density at radius 3 is 2.50 bits per heavy atom. The zero-order valence-electron chi connectivity index (χ0n) is 10.5. The molecule has 2 aromatic carbocycles. The molecule has 0 radical (unpaired) electrons. The maximum atomic E-state index is 13.4. The Bertz CT molecular complexity index is 665. The first-order valence-electron chi connectivity index (χ1n) is 5.93. The fraction of sp³-hybridized carbons (Fsp3) is 0.133. The van der Waals surface area contributed by atoms with Gasteiger partial charge in [0.2, 0.25) is 0 Å². The molecule has 2 rings (SSSR count). The fourth-order valence-electron chi connectivity index (χ4n) is 1.77. The summed E-state index contributed by atoms with van der Waals surface area (Å²) in [5.74, 6) is -0.926. The van der Waals surface area contributed by atoms with Gasteiger partial charge in [-0.1, -0.05) is 17.7 Å². The van der Waals surface area contributed by atoms with E-state index in [0.717, 1.165) is 23.8 Å². The van der Waals surface area contributed by atoms with E-state index in [1.165, 1.54) is 0 Å². The van der Waals surface area contributed by atoms with Gasteiger partial charge in [-0.05, 0) is 35.9 Å². The van der Waals surface area contributed by atoms with Crippen LogP contribution >= 0.6 is 11.6 Å². The van der Waals surface area contributed by atoms with Gasteiger partial charge in [0.15, 0.2) is 0 Å². The monoisotopic (exact) mass is 292 g/mol. The molecule has 0 heterocycles. The average Bonchev–Trinajstić information content (AvgIpc) is 2.44. The summed E-state index contributed by atoms with van der Waals surface area (Å²) >= 11 is 6.02. The minimum atomic E-state index is -0.473. The van der Waals surface area contributed by atoms with Gasteiger partial charge in [0.25, 0.3) is 0 Å². The van der Waals surface area contributed by atoms with Crippen molar-refractivity contribution in [3.63, 3.8) is 0 Å². The van der Waals surface area contributed by atoms with Crippen LogP contribution in [-0.4, -0.2) is 0 Å². The lowest BCUT2D eigenvalue weighted by Gasteiger charge is -2.08. The third-order valence-corrected chi connectivity index (χ3v) is 3.17. The number of nitriles is 1. The van der Waals surface area contributed by atoms with Crippen molar-refractivity contribution in [1.29, 1.82) is 5.26 Å². The molecule has 0 aliphatic heterocycles. The van der Waals surface area contributed by atoms with Crippen molar-refractivity contribution in [3.05, 3.63) is 69.7 Å². The van der Waals surface area contributed by atoms with E-state index in [9.17, 15) is 8.78 Å². The van der Waals surface area contributed by atoms with E-state index in [0.29, 0.717) is 17.1 Å². The van der Waals surface area contributed by atoms with Crippen molar-refractivity contribution in [1.82, 2.24) is 5.32 Å². The molecular weight excluding hydrogens is 282 g/mol. The summed E-state index contributed by atoms with van der Waals surface area (Å²) in [6.07, 6.45) is 0. The predicted molar refractivity (Wildman–Crippen MR) is 73.1 cm³/mol. The van der Waals surface area contributed by atoms with Crippen LogP contribution in [0.25, 0.3) is 0 Å². The molecule has 102 valence electrons. The van der Waals surface area contributed by atoms with E-state index in [1.54, 1.807) is 18.2 Å². The van der Waals surface area contributed by atoms with Crippen molar-refractivity contribution in [2.24, 2.45) is 0 Å². The van der Waals surface area contributed by atoms with Crippen LogP contribution in [0.5, 0.6) is 0 Å². The number of halogens is 3. The minimum absolute atomic E-state index is 0.194. The Balaban J connectivity index is 2.00. The first-order chi connectivity index (χ1) is 9.60. The lowest BCUT2D eigenvalue weighted by molar-refractivity contribution is 0.568. The third kappa shape index (κ3) is 3.53. The smallest absolute Gasteiger partial charge is 0.127 e. The summed E-state index contributed by atoms with van der Waals surface area (Å²) in [5, 5.41) is 12.2. The normalized spacial score (nSPS) is 10.3. The quantitative estimate of drug-likeness (QED) is 0.931. The zero-order chi connectivity index (χ0) is 14.5. The number of rotatable bonds is 4. The van der Waals surface area contributed by atoms with Crippen LogP contribution in [0.15, 0.2) is 36.4 Å². The van der Waals surface area contributed by atoms with Crippen LogP contribution in [0.3, 0.4) is 0 Å². The summed E-state index contributed by atoms with van der Waals surface area (Å²) in [6, 6.07) is 10.3. The van der Waals surface area contributed by atoms with E-state index >= 15 is 0 Å². The Morgan fingerprint density at radius 1 is 1.05 bits per heavy atom. The number of hydrogen-bond donors (Lipinski definition) is 1. The van der Waals surface area contributed by atoms with Gasteiger partial charge in [-0.2, -0.15) is 5.26 Å². The van der Waals surface area contributed by atoms with Crippen LogP contribution in [-0.2, 0) is 13.1 Å². The van der Waals surface area contributed by atoms with Gasteiger partial charge >= 0.3 is 0 Å². The molecule has 0 fully saturated rings. The predicted octanol–water partition coefficient (Wildman–Crippen LogP) is 3.78. The maximum Gasteiger partial charge on any atom is 0.127 e. The van der Waals surface area contributed by atoms with Gasteiger partial charge in [0.1, 0.15) is 11.6 Å². The van der Waals surface area contributed by atoms with Crippen LogP contribution < -0.4 is 5.32 Å². The Kier molecular flexibility index (Phi) is 4.67. The lowest BCUT2D eigenvalue weighted by atomic mass is 10.1. The van der Waals surface area contributed by atoms with Gasteiger partial charge in [-0.15, -0.1) is 0 Å². The van der Waals surface area contributed by atoms with Crippen molar-refractivity contribution >= 4 is 11.6 Å². The molecule has 2 nitrogen and oxygen atoms in total. The first-order valence-corrected chi connectivity index (χ1v) is 6.31. The van der Waals surface area contributed by atoms with Gasteiger partial charge in [0, 0.05) is 23.7 Å². The zero-order valence-corrected chi connectivity index (χ0v) is 11.2. The van der Waals surface area contributed by atoms with Crippen molar-refractivity contribution < 1.29 is 8.78 Å². The van der Waals surface area contributed by atoms with Crippen LogP contribution in [0, 0.1) is 23.0 Å². The van der Waals surface area contributed by atoms with E-state index < -0.39 is 11.6 Å². The van der Waals surface area contributed by atoms with E-state index in [2.05, 4.69) is 5.32 Å². The molecule has 1 N–H and O–H groups in total. The highest BCUT2D eigenvalue weighted by molar-refractivity contribution is 6.31. The SMILES string of the molecule is N#Cc1ccc(CNCc2cc(F)ccc2F)c(Cl)c1. The molecule has 0 spiro atoms. The second-order valence-electron chi connectivity index (χ2n) is 4.26. The van der Waals surface area contributed by atoms with Gasteiger partial charge in [-0.25, -0.2) is 8.78 Å². The first kappa shape index (κ1) is 14.4. The average molecular weight is 293 g/mol. The van der Waals surface area contributed by atoms with Crippen molar-refractivity contribution in [2.75, 3.05) is 0 Å². The summed E-state index contributed by atoms with van der Waals surface area (Å²) in [6.45, 7) is 0.598. The van der Waals surface area contributed by atoms with Crippen molar-refractivity contribution in [3.8, 4) is 6.07 Å². The highest BCUT2D eigenvalue weighted by Gasteiger charge is 2.05. The van der Waals surface area contributed by atoms with Crippen LogP contribution in [0.4, 0.5) is 8.78 Å². The molecule has 0 aliphatic rings. The van der Waals surface area contributed by atoms with Gasteiger partial charge in [0.05, 0.1) is 11.6 Å². The highest BCUT2D eigenvalue weighted by atomic mass is 35.5. The summed E-state index contributed by atoms with van der Waals surface area (Å²) in [5.41, 5.74) is 1.53. The molecule has 0 bridgehead atoms. The summed E-state index contributed by atoms with van der Waals surface area (Å²) in [7, 11) is 0. The molecule has 2 aromatic rings. The van der Waals surface area contributed by atoms with E-state index in [-0.39, 0.29) is 12.1 Å². The third-order valence-electron chi connectivity index (χ3n) is 2.82. The molecule has 0 aromatic heterocycles. The minimum Gasteiger partial charge on any atom is -0.308 e. The van der Waals surface area contributed by atoms with Crippen LogP contribution in [0.1, 0.15) is 16.7 Å². The van der Waals surface area contributed by atoms with E-state index in [4.69, 9.17) is 16.9 Å². The van der Waals surface area contributed by atoms with Crippen molar-refractivity contribution in [2.45, 2.75) is 13.1 Å². The topological polar surface area (TPSA) is 35.8 Å². The fourth-order valence-corrected chi connectivity index (χ4v) is 2.02. The molecular formula is C15H11ClF2N2. The second-order valence-corrected chi connectivity index (χ2v) is 4.66. The number of nitrogens with one attached hydrogen (secondary N) is 1. The number of nitrogens with zero attached hydrogens (tertiary/aromatic N) is 1. The Labute approximate surface area is 120 Å². The highest BCUT2D eigenvalue weighted by Crippen LogP contribution is 2.17. The van der Waals surface area contributed by atoms with Gasteiger partial charge in [-0.3, -0.25) is 0 Å². The summed E-state index contributed by atoms with van der Waals surface area (Å²) < 4.78 is 26.4. The van der Waals surface area contributed by atoms with Crippen LogP contribution in [0.2, 0.25) is 5.02 Å². The maximum absolute atomic E-state index is 13.4. The Morgan fingerprint density at radius 2 is 1.80 bits per heavy atom. The molecule has 20 heavy (non-hydrogen) atoms. The number of benzene rings is 2. The largest absolute Gasteiger partial charge is 0.308 e.